The second kappa shape index (κ2) is 7.28. The number of β-amino-alcohol motifs (C(OH)–C–C–N with tert-alkyl or cyclic N) is 1. The summed E-state index contributed by atoms with van der Waals surface area (Å²) in [5.74, 6) is 0.776. The second-order valence-electron chi connectivity index (χ2n) is 5.81. The zero-order valence-corrected chi connectivity index (χ0v) is 12.8. The van der Waals surface area contributed by atoms with Crippen LogP contribution in [0.25, 0.3) is 0 Å². The summed E-state index contributed by atoms with van der Waals surface area (Å²) in [5, 5.41) is 19.1. The van der Waals surface area contributed by atoms with Gasteiger partial charge in [0.2, 0.25) is 0 Å². The molecule has 0 fully saturated rings. The summed E-state index contributed by atoms with van der Waals surface area (Å²) < 4.78 is 5.11. The van der Waals surface area contributed by atoms with Crippen LogP contribution in [0.3, 0.4) is 0 Å². The average Bonchev–Trinajstić information content (AvgIpc) is 2.42. The van der Waals surface area contributed by atoms with E-state index in [2.05, 4.69) is 31.7 Å². The lowest BCUT2D eigenvalue weighted by atomic mass is 10.0. The minimum Gasteiger partial charge on any atom is -0.497 e. The molecule has 0 saturated heterocycles. The monoisotopic (exact) mass is 276 g/mol. The number of hydrogen-bond acceptors (Lipinski definition) is 4. The molecule has 0 bridgehead atoms. The van der Waals surface area contributed by atoms with Gasteiger partial charge in [-0.2, -0.15) is 5.26 Å². The third-order valence-electron chi connectivity index (χ3n) is 3.34. The van der Waals surface area contributed by atoms with Gasteiger partial charge in [-0.25, -0.2) is 0 Å². The van der Waals surface area contributed by atoms with Gasteiger partial charge in [0.15, 0.2) is 0 Å². The normalized spacial score (nSPS) is 13.1. The van der Waals surface area contributed by atoms with Crippen LogP contribution >= 0.6 is 0 Å². The molecule has 4 nitrogen and oxygen atoms in total. The molecule has 0 saturated carbocycles. The van der Waals surface area contributed by atoms with Gasteiger partial charge in [0, 0.05) is 25.0 Å². The van der Waals surface area contributed by atoms with E-state index >= 15 is 0 Å². The third-order valence-corrected chi connectivity index (χ3v) is 3.34. The molecule has 4 heteroatoms. The maximum Gasteiger partial charge on any atom is 0.118 e. The SMILES string of the molecule is COc1ccc([C@@H](O)CN(CCC#N)C(C)(C)C)cc1. The fourth-order valence-electron chi connectivity index (χ4n) is 2.03. The Bertz CT molecular complexity index is 443. The molecular weight excluding hydrogens is 252 g/mol. The van der Waals surface area contributed by atoms with Gasteiger partial charge in [-0.15, -0.1) is 0 Å². The van der Waals surface area contributed by atoms with E-state index in [-0.39, 0.29) is 5.54 Å². The fraction of sp³-hybridized carbons (Fsp3) is 0.562. The number of benzene rings is 1. The van der Waals surface area contributed by atoms with Crippen molar-refractivity contribution in [2.24, 2.45) is 0 Å². The number of nitrogens with zero attached hydrogens (tertiary/aromatic N) is 2. The summed E-state index contributed by atoms with van der Waals surface area (Å²) in [6.07, 6.45) is -0.106. The smallest absolute Gasteiger partial charge is 0.118 e. The van der Waals surface area contributed by atoms with Gasteiger partial charge >= 0.3 is 0 Å². The van der Waals surface area contributed by atoms with Gasteiger partial charge < -0.3 is 9.84 Å². The molecule has 1 aromatic rings. The van der Waals surface area contributed by atoms with Crippen LogP contribution in [0.15, 0.2) is 24.3 Å². The van der Waals surface area contributed by atoms with E-state index in [1.54, 1.807) is 7.11 Å². The molecule has 0 unspecified atom stereocenters. The number of aliphatic hydroxyl groups is 1. The van der Waals surface area contributed by atoms with E-state index in [9.17, 15) is 5.11 Å². The lowest BCUT2D eigenvalue weighted by Gasteiger charge is -2.36. The van der Waals surface area contributed by atoms with Crippen LogP contribution in [0, 0.1) is 11.3 Å². The van der Waals surface area contributed by atoms with Crippen LogP contribution in [0.2, 0.25) is 0 Å². The van der Waals surface area contributed by atoms with Gasteiger partial charge in [0.05, 0.1) is 19.3 Å². The molecule has 0 aromatic heterocycles. The van der Waals surface area contributed by atoms with Crippen molar-refractivity contribution in [3.05, 3.63) is 29.8 Å². The van der Waals surface area contributed by atoms with Crippen molar-refractivity contribution < 1.29 is 9.84 Å². The zero-order chi connectivity index (χ0) is 15.2. The maximum atomic E-state index is 10.4. The Kier molecular flexibility index (Phi) is 6.00. The van der Waals surface area contributed by atoms with Gasteiger partial charge in [-0.1, -0.05) is 12.1 Å². The Morgan fingerprint density at radius 3 is 2.35 bits per heavy atom. The van der Waals surface area contributed by atoms with E-state index in [1.165, 1.54) is 0 Å². The number of hydrogen-bond donors (Lipinski definition) is 1. The first-order valence-corrected chi connectivity index (χ1v) is 6.82. The van der Waals surface area contributed by atoms with Crippen molar-refractivity contribution in [2.75, 3.05) is 20.2 Å². The van der Waals surface area contributed by atoms with Gasteiger partial charge in [0.25, 0.3) is 0 Å². The largest absolute Gasteiger partial charge is 0.497 e. The zero-order valence-electron chi connectivity index (χ0n) is 12.8. The van der Waals surface area contributed by atoms with E-state index in [0.29, 0.717) is 19.5 Å². The molecule has 1 aromatic carbocycles. The summed E-state index contributed by atoms with van der Waals surface area (Å²) in [6, 6.07) is 9.58. The Labute approximate surface area is 121 Å². The first-order chi connectivity index (χ1) is 9.38. The quantitative estimate of drug-likeness (QED) is 0.868. The van der Waals surface area contributed by atoms with Crippen molar-refractivity contribution in [1.29, 1.82) is 5.26 Å². The summed E-state index contributed by atoms with van der Waals surface area (Å²) in [6.45, 7) is 7.44. The summed E-state index contributed by atoms with van der Waals surface area (Å²) >= 11 is 0. The predicted molar refractivity (Wildman–Crippen MR) is 79.5 cm³/mol. The number of aliphatic hydroxyl groups excluding tert-OH is 1. The van der Waals surface area contributed by atoms with Crippen LogP contribution < -0.4 is 4.74 Å². The van der Waals surface area contributed by atoms with Gasteiger partial charge in [0.1, 0.15) is 5.75 Å². The van der Waals surface area contributed by atoms with E-state index < -0.39 is 6.10 Å². The molecular formula is C16H24N2O2. The highest BCUT2D eigenvalue weighted by Gasteiger charge is 2.23. The number of ether oxygens (including phenoxy) is 1. The molecule has 0 heterocycles. The molecule has 0 aliphatic carbocycles. The third kappa shape index (κ3) is 4.84. The molecule has 1 N–H and O–H groups in total. The summed E-state index contributed by atoms with van der Waals surface area (Å²) in [7, 11) is 1.62. The topological polar surface area (TPSA) is 56.5 Å². The standard InChI is InChI=1S/C16H24N2O2/c1-16(2,3)18(11-5-10-17)12-15(19)13-6-8-14(20-4)9-7-13/h6-9,15,19H,5,11-12H2,1-4H3/t15-/m0/s1. The maximum absolute atomic E-state index is 10.4. The van der Waals surface area contributed by atoms with Crippen molar-refractivity contribution in [1.82, 2.24) is 4.90 Å². The first kappa shape index (κ1) is 16.5. The molecule has 0 aliphatic heterocycles. The molecule has 1 rings (SSSR count). The Hall–Kier alpha value is -1.57. The fourth-order valence-corrected chi connectivity index (χ4v) is 2.03. The number of rotatable bonds is 6. The van der Waals surface area contributed by atoms with Crippen LogP contribution in [-0.2, 0) is 0 Å². The van der Waals surface area contributed by atoms with Gasteiger partial charge in [-0.05, 0) is 38.5 Å². The van der Waals surface area contributed by atoms with E-state index in [0.717, 1.165) is 11.3 Å². The second-order valence-corrected chi connectivity index (χ2v) is 5.81. The highest BCUT2D eigenvalue weighted by Crippen LogP contribution is 2.22. The minimum atomic E-state index is -0.571. The molecule has 0 spiro atoms. The Balaban J connectivity index is 2.74. The summed E-state index contributed by atoms with van der Waals surface area (Å²) in [4.78, 5) is 2.13. The van der Waals surface area contributed by atoms with E-state index in [1.807, 2.05) is 24.3 Å². The highest BCUT2D eigenvalue weighted by atomic mass is 16.5. The highest BCUT2D eigenvalue weighted by molar-refractivity contribution is 5.28. The van der Waals surface area contributed by atoms with Crippen molar-refractivity contribution in [3.63, 3.8) is 0 Å². The molecule has 1 atom stereocenters. The van der Waals surface area contributed by atoms with Crippen molar-refractivity contribution in [3.8, 4) is 11.8 Å². The molecule has 0 aliphatic rings. The number of nitriles is 1. The molecule has 0 radical (unpaired) electrons. The summed E-state index contributed by atoms with van der Waals surface area (Å²) in [5.41, 5.74) is 0.779. The lowest BCUT2D eigenvalue weighted by Crippen LogP contribution is -2.44. The Morgan fingerprint density at radius 1 is 1.30 bits per heavy atom. The predicted octanol–water partition coefficient (Wildman–Crippen LogP) is 2.74. The van der Waals surface area contributed by atoms with Crippen LogP contribution in [0.1, 0.15) is 38.9 Å². The van der Waals surface area contributed by atoms with E-state index in [4.69, 9.17) is 10.00 Å². The average molecular weight is 276 g/mol. The van der Waals surface area contributed by atoms with Crippen LogP contribution in [-0.4, -0.2) is 35.7 Å². The number of methoxy groups -OCH3 is 1. The Morgan fingerprint density at radius 2 is 1.90 bits per heavy atom. The first-order valence-electron chi connectivity index (χ1n) is 6.82. The van der Waals surface area contributed by atoms with Crippen LogP contribution in [0.5, 0.6) is 5.75 Å². The lowest BCUT2D eigenvalue weighted by molar-refractivity contribution is 0.0599. The van der Waals surface area contributed by atoms with Gasteiger partial charge in [-0.3, -0.25) is 4.90 Å². The van der Waals surface area contributed by atoms with Crippen molar-refractivity contribution in [2.45, 2.75) is 38.8 Å². The molecule has 0 amide bonds. The minimum absolute atomic E-state index is 0.0791. The van der Waals surface area contributed by atoms with Crippen LogP contribution in [0.4, 0.5) is 0 Å². The molecule has 110 valence electrons. The molecule has 20 heavy (non-hydrogen) atoms. The van der Waals surface area contributed by atoms with Crippen molar-refractivity contribution >= 4 is 0 Å².